The summed E-state index contributed by atoms with van der Waals surface area (Å²) in [6.07, 6.45) is 2.23. The first-order valence-corrected chi connectivity index (χ1v) is 12.5. The molecule has 9 heteroatoms. The molecule has 33 heavy (non-hydrogen) atoms. The number of ether oxygens (including phenoxy) is 1. The third-order valence-corrected chi connectivity index (χ3v) is 8.16. The van der Waals surface area contributed by atoms with Gasteiger partial charge in [0.05, 0.1) is 23.7 Å². The van der Waals surface area contributed by atoms with E-state index in [0.29, 0.717) is 29.6 Å². The van der Waals surface area contributed by atoms with Crippen molar-refractivity contribution in [3.63, 3.8) is 0 Å². The SMILES string of the molecule is COCC1=C2[C@@H](CC/C(=C/c3ccc(O)c(F)c3)c3ccccc3)OB(O)C[C@@H]2S(=O)(=O)C1. The molecule has 2 aromatic rings. The maximum Gasteiger partial charge on any atom is 0.456 e. The summed E-state index contributed by atoms with van der Waals surface area (Å²) >= 11 is 0. The lowest BCUT2D eigenvalue weighted by Gasteiger charge is -2.32. The van der Waals surface area contributed by atoms with E-state index in [2.05, 4.69) is 0 Å². The molecule has 1 fully saturated rings. The van der Waals surface area contributed by atoms with Crippen molar-refractivity contribution in [3.8, 4) is 5.75 Å². The van der Waals surface area contributed by atoms with Crippen LogP contribution in [-0.4, -0.2) is 56.5 Å². The van der Waals surface area contributed by atoms with Gasteiger partial charge in [-0.05, 0) is 52.8 Å². The molecule has 2 aliphatic heterocycles. The fraction of sp³-hybridized carbons (Fsp3) is 0.333. The molecule has 2 atom stereocenters. The summed E-state index contributed by atoms with van der Waals surface area (Å²) in [7, 11) is -3.04. The predicted molar refractivity (Wildman–Crippen MR) is 126 cm³/mol. The van der Waals surface area contributed by atoms with E-state index in [1.165, 1.54) is 19.2 Å². The summed E-state index contributed by atoms with van der Waals surface area (Å²) < 4.78 is 50.3. The van der Waals surface area contributed by atoms with Gasteiger partial charge in [0.2, 0.25) is 0 Å². The standard InChI is InChI=1S/C24H26BFO6S/c1-31-14-19-15-33(29,30)23-13-25(28)32-22(24(19)23)10-8-18(17-5-3-2-4-6-17)11-16-7-9-21(27)20(26)12-16/h2-7,9,11-12,22-23,27-28H,8,10,13-15H2,1H3/b18-11-/t22-,23+/m1/s1. The van der Waals surface area contributed by atoms with E-state index in [1.54, 1.807) is 6.07 Å². The van der Waals surface area contributed by atoms with E-state index in [9.17, 15) is 22.9 Å². The van der Waals surface area contributed by atoms with Gasteiger partial charge in [-0.3, -0.25) is 0 Å². The molecule has 174 valence electrons. The first-order valence-electron chi connectivity index (χ1n) is 10.8. The van der Waals surface area contributed by atoms with E-state index in [-0.39, 0.29) is 18.7 Å². The van der Waals surface area contributed by atoms with Gasteiger partial charge in [-0.2, -0.15) is 0 Å². The van der Waals surface area contributed by atoms with Crippen LogP contribution in [0.15, 0.2) is 59.7 Å². The van der Waals surface area contributed by atoms with Crippen LogP contribution in [0.5, 0.6) is 5.75 Å². The fourth-order valence-electron chi connectivity index (χ4n) is 4.63. The lowest BCUT2D eigenvalue weighted by atomic mass is 9.74. The molecule has 6 nitrogen and oxygen atoms in total. The van der Waals surface area contributed by atoms with Crippen molar-refractivity contribution in [1.82, 2.24) is 0 Å². The number of fused-ring (bicyclic) bond motifs is 1. The van der Waals surface area contributed by atoms with Gasteiger partial charge in [0.25, 0.3) is 0 Å². The van der Waals surface area contributed by atoms with E-state index in [0.717, 1.165) is 11.1 Å². The normalized spacial score (nSPS) is 22.5. The molecule has 0 unspecified atom stereocenters. The Morgan fingerprint density at radius 1 is 1.27 bits per heavy atom. The molecule has 2 N–H and O–H groups in total. The number of hydrogen-bond donors (Lipinski definition) is 2. The lowest BCUT2D eigenvalue weighted by molar-refractivity contribution is 0.167. The number of hydrogen-bond acceptors (Lipinski definition) is 6. The topological polar surface area (TPSA) is 93.1 Å². The highest BCUT2D eigenvalue weighted by molar-refractivity contribution is 7.92. The molecule has 2 aliphatic rings. The largest absolute Gasteiger partial charge is 0.505 e. The Hall–Kier alpha value is -2.46. The number of sulfone groups is 1. The van der Waals surface area contributed by atoms with Crippen LogP contribution < -0.4 is 0 Å². The van der Waals surface area contributed by atoms with Crippen molar-refractivity contribution in [3.05, 3.63) is 76.6 Å². The molecule has 0 radical (unpaired) electrons. The number of aromatic hydroxyl groups is 1. The third-order valence-electron chi connectivity index (χ3n) is 6.10. The Labute approximate surface area is 193 Å². The quantitative estimate of drug-likeness (QED) is 0.364. The van der Waals surface area contributed by atoms with Crippen molar-refractivity contribution in [2.45, 2.75) is 30.5 Å². The number of allylic oxidation sites excluding steroid dienone is 1. The van der Waals surface area contributed by atoms with Gasteiger partial charge in [0, 0.05) is 13.4 Å². The number of phenols is 1. The van der Waals surface area contributed by atoms with Crippen LogP contribution in [0.4, 0.5) is 4.39 Å². The van der Waals surface area contributed by atoms with E-state index in [4.69, 9.17) is 9.39 Å². The van der Waals surface area contributed by atoms with Crippen LogP contribution in [0, 0.1) is 5.82 Å². The molecule has 0 bridgehead atoms. The van der Waals surface area contributed by atoms with Gasteiger partial charge in [-0.1, -0.05) is 42.5 Å². The minimum absolute atomic E-state index is 0.0234. The highest BCUT2D eigenvalue weighted by atomic mass is 32.2. The maximum atomic E-state index is 13.9. The van der Waals surface area contributed by atoms with Gasteiger partial charge in [-0.25, -0.2) is 12.8 Å². The van der Waals surface area contributed by atoms with Crippen molar-refractivity contribution < 1.29 is 32.3 Å². The zero-order valence-corrected chi connectivity index (χ0v) is 19.1. The number of benzene rings is 2. The van der Waals surface area contributed by atoms with Crippen molar-refractivity contribution in [2.24, 2.45) is 0 Å². The molecule has 0 aromatic heterocycles. The summed E-state index contributed by atoms with van der Waals surface area (Å²) in [4.78, 5) is 0. The molecule has 0 spiro atoms. The predicted octanol–water partition coefficient (Wildman–Crippen LogP) is 3.47. The second kappa shape index (κ2) is 9.81. The van der Waals surface area contributed by atoms with Crippen LogP contribution >= 0.6 is 0 Å². The Kier molecular flexibility index (Phi) is 7.04. The zero-order valence-electron chi connectivity index (χ0n) is 18.3. The van der Waals surface area contributed by atoms with Crippen LogP contribution in [0.25, 0.3) is 11.6 Å². The molecule has 1 saturated heterocycles. The Morgan fingerprint density at radius 3 is 2.73 bits per heavy atom. The molecule has 0 saturated carbocycles. The van der Waals surface area contributed by atoms with Gasteiger partial charge in [0.15, 0.2) is 21.4 Å². The van der Waals surface area contributed by atoms with Crippen LogP contribution in [-0.2, 0) is 19.2 Å². The number of methoxy groups -OCH3 is 1. The van der Waals surface area contributed by atoms with E-state index >= 15 is 0 Å². The molecule has 4 rings (SSSR count). The Bertz CT molecular complexity index is 1180. The van der Waals surface area contributed by atoms with Crippen LogP contribution in [0.2, 0.25) is 6.32 Å². The van der Waals surface area contributed by atoms with Crippen molar-refractivity contribution in [2.75, 3.05) is 19.5 Å². The Morgan fingerprint density at radius 2 is 2.03 bits per heavy atom. The summed E-state index contributed by atoms with van der Waals surface area (Å²) in [5, 5.41) is 19.0. The van der Waals surface area contributed by atoms with Crippen LogP contribution in [0.1, 0.15) is 24.0 Å². The highest BCUT2D eigenvalue weighted by Crippen LogP contribution is 2.40. The smallest absolute Gasteiger partial charge is 0.456 e. The van der Waals surface area contributed by atoms with Gasteiger partial charge >= 0.3 is 7.12 Å². The summed E-state index contributed by atoms with van der Waals surface area (Å²) in [6.45, 7) is 0.204. The monoisotopic (exact) mass is 472 g/mol. The van der Waals surface area contributed by atoms with Crippen molar-refractivity contribution >= 4 is 28.6 Å². The minimum Gasteiger partial charge on any atom is -0.505 e. The molecule has 0 aliphatic carbocycles. The third kappa shape index (κ3) is 5.22. The average molecular weight is 472 g/mol. The van der Waals surface area contributed by atoms with Gasteiger partial charge in [-0.15, -0.1) is 0 Å². The first kappa shape index (κ1) is 23.7. The average Bonchev–Trinajstić information content (AvgIpc) is 3.04. The summed E-state index contributed by atoms with van der Waals surface area (Å²) in [6, 6.07) is 13.8. The maximum absolute atomic E-state index is 13.9. The molecule has 2 aromatic carbocycles. The zero-order chi connectivity index (χ0) is 23.6. The number of halogens is 1. The van der Waals surface area contributed by atoms with Crippen molar-refractivity contribution in [1.29, 1.82) is 0 Å². The summed E-state index contributed by atoms with van der Waals surface area (Å²) in [5.41, 5.74) is 3.82. The van der Waals surface area contributed by atoms with Gasteiger partial charge < -0.3 is 19.5 Å². The van der Waals surface area contributed by atoms with Crippen LogP contribution in [0.3, 0.4) is 0 Å². The molecular formula is C24H26BFO6S. The minimum atomic E-state index is -3.41. The molecule has 0 amide bonds. The first-order chi connectivity index (χ1) is 15.8. The van der Waals surface area contributed by atoms with E-state index in [1.807, 2.05) is 36.4 Å². The Balaban J connectivity index is 1.65. The molecule has 2 heterocycles. The summed E-state index contributed by atoms with van der Waals surface area (Å²) in [5.74, 6) is -1.20. The number of rotatable bonds is 7. The fourth-order valence-corrected chi connectivity index (χ4v) is 6.73. The highest BCUT2D eigenvalue weighted by Gasteiger charge is 2.48. The van der Waals surface area contributed by atoms with E-state index < -0.39 is 39.9 Å². The molecular weight excluding hydrogens is 446 g/mol. The number of phenolic OH excluding ortho intramolecular Hbond substituents is 1. The van der Waals surface area contributed by atoms with Gasteiger partial charge in [0.1, 0.15) is 0 Å². The second-order valence-corrected chi connectivity index (χ2v) is 10.6. The lowest BCUT2D eigenvalue weighted by Crippen LogP contribution is -2.42. The second-order valence-electron chi connectivity index (χ2n) is 8.39.